The number of piperidine rings is 2. The highest BCUT2D eigenvalue weighted by Crippen LogP contribution is 2.34. The van der Waals surface area contributed by atoms with E-state index in [1.807, 2.05) is 18.2 Å². The molecule has 6 atom stereocenters. The van der Waals surface area contributed by atoms with Crippen LogP contribution in [0, 0.1) is 0 Å². The van der Waals surface area contributed by atoms with Gasteiger partial charge in [-0.25, -0.2) is 0 Å². The third kappa shape index (κ3) is 22.5. The van der Waals surface area contributed by atoms with Gasteiger partial charge in [0, 0.05) is 37.0 Å². The van der Waals surface area contributed by atoms with E-state index < -0.39 is 23.8 Å². The smallest absolute Gasteiger partial charge is 0.314 e. The summed E-state index contributed by atoms with van der Waals surface area (Å²) in [7, 11) is 4.59. The lowest BCUT2D eigenvalue weighted by atomic mass is 10.0. The van der Waals surface area contributed by atoms with E-state index in [2.05, 4.69) is 56.0 Å². The van der Waals surface area contributed by atoms with Crippen molar-refractivity contribution in [1.82, 2.24) is 9.80 Å². The van der Waals surface area contributed by atoms with Crippen LogP contribution >= 0.6 is 0 Å². The Hall–Kier alpha value is -4.28. The average Bonchev–Trinajstić information content (AvgIpc) is 3.59. The Morgan fingerprint density at radius 3 is 1.27 bits per heavy atom. The molecule has 6 rings (SSSR count). The maximum absolute atomic E-state index is 11.8. The third-order valence-electron chi connectivity index (χ3n) is 13.7. The molecule has 0 spiro atoms. The van der Waals surface area contributed by atoms with Gasteiger partial charge >= 0.3 is 23.9 Å². The van der Waals surface area contributed by atoms with E-state index in [1.54, 1.807) is 48.5 Å². The number of aliphatic carboxylic acids is 2. The van der Waals surface area contributed by atoms with Crippen LogP contribution in [0.1, 0.15) is 191 Å². The Kier molecular flexibility index (Phi) is 28.9. The number of benzene rings is 2. The summed E-state index contributed by atoms with van der Waals surface area (Å²) >= 11 is 0. The second-order valence-corrected chi connectivity index (χ2v) is 18.7. The summed E-state index contributed by atoms with van der Waals surface area (Å²) in [5.41, 5.74) is 1.29. The first-order chi connectivity index (χ1) is 32.0. The second-order valence-electron chi connectivity index (χ2n) is 18.7. The zero-order valence-corrected chi connectivity index (χ0v) is 41.2. The number of hydrogen-bond donors (Lipinski definition) is 2. The van der Waals surface area contributed by atoms with Crippen molar-refractivity contribution in [2.45, 2.75) is 204 Å². The molecule has 0 radical (unpaired) electrons. The maximum Gasteiger partial charge on any atom is 0.314 e. The lowest BCUT2D eigenvalue weighted by molar-refractivity contribution is -0.150. The number of unbranched alkanes of at least 4 members (excludes halogenated alkanes) is 8. The van der Waals surface area contributed by atoms with Gasteiger partial charge in [-0.05, 0) is 122 Å². The zero-order valence-electron chi connectivity index (χ0n) is 41.2. The number of nitrogens with zero attached hydrogens (tertiary/aromatic N) is 2. The van der Waals surface area contributed by atoms with Gasteiger partial charge in [0.2, 0.25) is 0 Å². The number of carbonyl (C=O) groups is 4. The van der Waals surface area contributed by atoms with Crippen LogP contribution in [0.3, 0.4) is 0 Å². The average molecular weight is 915 g/mol. The molecule has 0 aromatic heterocycles. The standard InChI is InChI=1S/C21H30O4.C19H26O4.2C8H15N/c1-2-3-4-5-6-7-8-9-13-16-20(22)25-17-19(21(23)24)18-14-11-10-12-15-18;1-2-3-4-5-6-7-11-14-18(20)23-15-17(19(21)22)16-12-9-8-10-13-16;2*1-9-7-3-2-4-8(9)6-5-7/h7-8,10-12,14-15,19H,2-6,9,13,16-17H2,1H3,(H,23,24);6-10,12-13,17H,2-5,11,14-15H2,1H3,(H,21,22);2*7-8H,2-6H2,1H3/b8-7-;7-6-;;. The van der Waals surface area contributed by atoms with Crippen LogP contribution in [0.5, 0.6) is 0 Å². The van der Waals surface area contributed by atoms with E-state index in [0.29, 0.717) is 24.0 Å². The molecule has 4 aliphatic rings. The molecule has 4 fully saturated rings. The SMILES string of the molecule is CCCCC/C=C\CCC(=O)OCC(C(=O)O)c1ccccc1.CCCCCC/C=C\CCCC(=O)OCC(C(=O)O)c1ccccc1.CN1C2CCCC1CC2.CN1C2CCCC1CC2. The number of carbonyl (C=O) groups excluding carboxylic acids is 2. The molecule has 0 amide bonds. The first kappa shape index (κ1) is 56.0. The van der Waals surface area contributed by atoms with E-state index >= 15 is 0 Å². The van der Waals surface area contributed by atoms with E-state index in [4.69, 9.17) is 9.47 Å². The quantitative estimate of drug-likeness (QED) is 0.0595. The largest absolute Gasteiger partial charge is 0.481 e. The fourth-order valence-corrected chi connectivity index (χ4v) is 9.48. The molecule has 66 heavy (non-hydrogen) atoms. The van der Waals surface area contributed by atoms with Gasteiger partial charge in [0.1, 0.15) is 25.0 Å². The fourth-order valence-electron chi connectivity index (χ4n) is 9.48. The molecular weight excluding hydrogens is 829 g/mol. The Balaban J connectivity index is 0.000000254. The predicted octanol–water partition coefficient (Wildman–Crippen LogP) is 12.7. The number of hydrogen-bond acceptors (Lipinski definition) is 8. The molecule has 2 aromatic carbocycles. The monoisotopic (exact) mass is 915 g/mol. The van der Waals surface area contributed by atoms with Gasteiger partial charge in [-0.15, -0.1) is 0 Å². The van der Waals surface area contributed by atoms with E-state index in [9.17, 15) is 29.4 Å². The molecule has 4 aliphatic heterocycles. The number of fused-ring (bicyclic) bond motifs is 4. The van der Waals surface area contributed by atoms with Crippen molar-refractivity contribution in [2.24, 2.45) is 0 Å². The van der Waals surface area contributed by atoms with Gasteiger partial charge in [0.25, 0.3) is 0 Å². The van der Waals surface area contributed by atoms with Crippen molar-refractivity contribution in [2.75, 3.05) is 27.3 Å². The fraction of sp³-hybridized carbons (Fsp3) is 0.643. The van der Waals surface area contributed by atoms with Gasteiger partial charge in [-0.1, -0.05) is 144 Å². The highest BCUT2D eigenvalue weighted by Gasteiger charge is 2.34. The van der Waals surface area contributed by atoms with Crippen molar-refractivity contribution in [3.8, 4) is 0 Å². The summed E-state index contributed by atoms with van der Waals surface area (Å²) in [6, 6.07) is 21.5. The van der Waals surface area contributed by atoms with Crippen LogP contribution in [-0.4, -0.2) is 95.4 Å². The Morgan fingerprint density at radius 2 is 0.879 bits per heavy atom. The molecule has 4 heterocycles. The molecule has 2 aromatic rings. The first-order valence-electron chi connectivity index (χ1n) is 25.7. The Bertz CT molecular complexity index is 1620. The summed E-state index contributed by atoms with van der Waals surface area (Å²) in [6.45, 7) is 4.12. The highest BCUT2D eigenvalue weighted by molar-refractivity contribution is 5.78. The van der Waals surface area contributed by atoms with Crippen LogP contribution in [0.25, 0.3) is 0 Å². The molecule has 10 heteroatoms. The lowest BCUT2D eigenvalue weighted by Gasteiger charge is -2.30. The van der Waals surface area contributed by atoms with E-state index in [-0.39, 0.29) is 31.6 Å². The van der Waals surface area contributed by atoms with Crippen LogP contribution < -0.4 is 0 Å². The predicted molar refractivity (Wildman–Crippen MR) is 267 cm³/mol. The first-order valence-corrected chi connectivity index (χ1v) is 25.7. The molecule has 0 aliphatic carbocycles. The van der Waals surface area contributed by atoms with Crippen LogP contribution in [-0.2, 0) is 28.7 Å². The molecule has 4 bridgehead atoms. The molecule has 368 valence electrons. The highest BCUT2D eigenvalue weighted by atomic mass is 16.5. The molecule has 10 nitrogen and oxygen atoms in total. The molecule has 2 N–H and O–H groups in total. The number of ether oxygens (including phenoxy) is 2. The van der Waals surface area contributed by atoms with Crippen molar-refractivity contribution >= 4 is 23.9 Å². The number of allylic oxidation sites excluding steroid dienone is 4. The Morgan fingerprint density at radius 1 is 0.515 bits per heavy atom. The minimum absolute atomic E-state index is 0.120. The topological polar surface area (TPSA) is 134 Å². The van der Waals surface area contributed by atoms with Crippen molar-refractivity contribution in [1.29, 1.82) is 0 Å². The minimum atomic E-state index is -0.986. The van der Waals surface area contributed by atoms with Gasteiger partial charge in [0.05, 0.1) is 0 Å². The maximum atomic E-state index is 11.8. The minimum Gasteiger partial charge on any atom is -0.481 e. The summed E-state index contributed by atoms with van der Waals surface area (Å²) in [4.78, 5) is 51.3. The van der Waals surface area contributed by atoms with Crippen LogP contribution in [0.2, 0.25) is 0 Å². The van der Waals surface area contributed by atoms with E-state index in [0.717, 1.165) is 49.9 Å². The number of carboxylic acids is 2. The summed E-state index contributed by atoms with van der Waals surface area (Å²) in [6.07, 6.45) is 36.7. The second kappa shape index (κ2) is 34.1. The summed E-state index contributed by atoms with van der Waals surface area (Å²) < 4.78 is 10.3. The van der Waals surface area contributed by atoms with Gasteiger partial charge < -0.3 is 29.5 Å². The van der Waals surface area contributed by atoms with Crippen LogP contribution in [0.15, 0.2) is 85.0 Å². The lowest BCUT2D eigenvalue weighted by Crippen LogP contribution is -2.35. The van der Waals surface area contributed by atoms with Gasteiger partial charge in [0.15, 0.2) is 0 Å². The molecule has 4 saturated heterocycles. The van der Waals surface area contributed by atoms with Crippen LogP contribution in [0.4, 0.5) is 0 Å². The van der Waals surface area contributed by atoms with Crippen molar-refractivity contribution < 1.29 is 38.9 Å². The number of carboxylic acid groups (broad SMARTS) is 2. The van der Waals surface area contributed by atoms with Gasteiger partial charge in [-0.3, -0.25) is 19.2 Å². The van der Waals surface area contributed by atoms with Crippen molar-refractivity contribution in [3.05, 3.63) is 96.1 Å². The molecular formula is C56H86N2O8. The van der Waals surface area contributed by atoms with Gasteiger partial charge in [-0.2, -0.15) is 0 Å². The molecule has 6 unspecified atom stereocenters. The Labute approximate surface area is 398 Å². The van der Waals surface area contributed by atoms with Crippen molar-refractivity contribution in [3.63, 3.8) is 0 Å². The number of rotatable bonds is 24. The third-order valence-corrected chi connectivity index (χ3v) is 13.7. The zero-order chi connectivity index (χ0) is 47.8. The number of esters is 2. The summed E-state index contributed by atoms with van der Waals surface area (Å²) in [5, 5.41) is 18.5. The van der Waals surface area contributed by atoms with E-state index in [1.165, 1.54) is 109 Å². The summed E-state index contributed by atoms with van der Waals surface area (Å²) in [5.74, 6) is -4.29. The molecule has 0 saturated carbocycles. The normalized spacial score (nSPS) is 20.8.